The number of alkyl halides is 3. The quantitative estimate of drug-likeness (QED) is 0.803. The van der Waals surface area contributed by atoms with Gasteiger partial charge in [-0.2, -0.15) is 13.2 Å². The van der Waals surface area contributed by atoms with Gasteiger partial charge >= 0.3 is 5.51 Å². The Labute approximate surface area is 115 Å². The Morgan fingerprint density at radius 1 is 1.05 bits per heavy atom. The first-order chi connectivity index (χ1) is 8.96. The Bertz CT molecular complexity index is 396. The van der Waals surface area contributed by atoms with Crippen LogP contribution in [0.5, 0.6) is 0 Å². The summed E-state index contributed by atoms with van der Waals surface area (Å²) in [5.74, 6) is 0.467. The topological polar surface area (TPSA) is 26.0 Å². The average molecular weight is 289 g/mol. The molecule has 106 valence electrons. The molecule has 0 bridgehead atoms. The molecule has 0 unspecified atom stereocenters. The SMILES string of the molecule is N[C@@H](c1ccc(SC(F)(F)F)cc1)C1CCCCC1. The predicted octanol–water partition coefficient (Wildman–Crippen LogP) is 4.88. The fourth-order valence-corrected chi connectivity index (χ4v) is 3.20. The maximum Gasteiger partial charge on any atom is 0.446 e. The summed E-state index contributed by atoms with van der Waals surface area (Å²) >= 11 is -0.0841. The van der Waals surface area contributed by atoms with Crippen molar-refractivity contribution in [1.29, 1.82) is 0 Å². The second-order valence-corrected chi connectivity index (χ2v) is 6.18. The molecule has 2 rings (SSSR count). The summed E-state index contributed by atoms with van der Waals surface area (Å²) in [7, 11) is 0. The summed E-state index contributed by atoms with van der Waals surface area (Å²) in [6, 6.07) is 6.43. The molecule has 0 spiro atoms. The second kappa shape index (κ2) is 6.18. The van der Waals surface area contributed by atoms with Crippen LogP contribution in [0.1, 0.15) is 43.7 Å². The van der Waals surface area contributed by atoms with E-state index in [0.29, 0.717) is 5.92 Å². The summed E-state index contributed by atoms with van der Waals surface area (Å²) in [5, 5.41) is 0. The molecule has 1 aliphatic rings. The molecule has 1 atom stereocenters. The molecule has 2 N–H and O–H groups in total. The van der Waals surface area contributed by atoms with Crippen LogP contribution in [0.4, 0.5) is 13.2 Å². The van der Waals surface area contributed by atoms with Crippen molar-refractivity contribution in [2.24, 2.45) is 11.7 Å². The zero-order valence-electron chi connectivity index (χ0n) is 10.6. The van der Waals surface area contributed by atoms with Crippen molar-refractivity contribution in [1.82, 2.24) is 0 Å². The Morgan fingerprint density at radius 3 is 2.16 bits per heavy atom. The van der Waals surface area contributed by atoms with Crippen molar-refractivity contribution in [3.63, 3.8) is 0 Å². The molecule has 1 fully saturated rings. The third kappa shape index (κ3) is 4.42. The van der Waals surface area contributed by atoms with E-state index in [9.17, 15) is 13.2 Å². The lowest BCUT2D eigenvalue weighted by Gasteiger charge is -2.27. The van der Waals surface area contributed by atoms with Gasteiger partial charge in [-0.25, -0.2) is 0 Å². The van der Waals surface area contributed by atoms with Gasteiger partial charge in [0.1, 0.15) is 0 Å². The van der Waals surface area contributed by atoms with E-state index in [2.05, 4.69) is 0 Å². The first-order valence-electron chi connectivity index (χ1n) is 6.57. The van der Waals surface area contributed by atoms with Gasteiger partial charge in [0.15, 0.2) is 0 Å². The summed E-state index contributed by atoms with van der Waals surface area (Å²) in [5.41, 5.74) is 2.93. The van der Waals surface area contributed by atoms with Crippen LogP contribution >= 0.6 is 11.8 Å². The summed E-state index contributed by atoms with van der Waals surface area (Å²) in [6.45, 7) is 0. The molecule has 0 heterocycles. The Balaban J connectivity index is 2.01. The van der Waals surface area contributed by atoms with Gasteiger partial charge in [0.2, 0.25) is 0 Å². The number of halogens is 3. The third-order valence-electron chi connectivity index (χ3n) is 3.66. The van der Waals surface area contributed by atoms with Crippen LogP contribution in [0.25, 0.3) is 0 Å². The minimum Gasteiger partial charge on any atom is -0.324 e. The standard InChI is InChI=1S/C14H18F3NS/c15-14(16,17)19-12-8-6-11(7-9-12)13(18)10-4-2-1-3-5-10/h6-10,13H,1-5,18H2/t13-/m1/s1. The van der Waals surface area contributed by atoms with Crippen molar-refractivity contribution >= 4 is 11.8 Å². The molecule has 19 heavy (non-hydrogen) atoms. The highest BCUT2D eigenvalue weighted by Crippen LogP contribution is 2.38. The number of hydrogen-bond acceptors (Lipinski definition) is 2. The smallest absolute Gasteiger partial charge is 0.324 e. The van der Waals surface area contributed by atoms with Gasteiger partial charge in [0, 0.05) is 10.9 Å². The largest absolute Gasteiger partial charge is 0.446 e. The molecule has 5 heteroatoms. The van der Waals surface area contributed by atoms with E-state index in [0.717, 1.165) is 18.4 Å². The molecular formula is C14H18F3NS. The van der Waals surface area contributed by atoms with Gasteiger partial charge in [0.05, 0.1) is 0 Å². The lowest BCUT2D eigenvalue weighted by Crippen LogP contribution is -2.23. The minimum atomic E-state index is -4.23. The molecule has 0 radical (unpaired) electrons. The Morgan fingerprint density at radius 2 is 1.63 bits per heavy atom. The van der Waals surface area contributed by atoms with Gasteiger partial charge in [-0.15, -0.1) is 0 Å². The molecule has 1 nitrogen and oxygen atoms in total. The van der Waals surface area contributed by atoms with Crippen molar-refractivity contribution in [3.8, 4) is 0 Å². The number of hydrogen-bond donors (Lipinski definition) is 1. The summed E-state index contributed by atoms with van der Waals surface area (Å²) in [4.78, 5) is 0.215. The van der Waals surface area contributed by atoms with Crippen molar-refractivity contribution in [2.75, 3.05) is 0 Å². The number of thioether (sulfide) groups is 1. The Kier molecular flexibility index (Phi) is 4.79. The highest BCUT2D eigenvalue weighted by atomic mass is 32.2. The molecule has 0 amide bonds. The molecule has 0 saturated heterocycles. The first-order valence-corrected chi connectivity index (χ1v) is 7.38. The first kappa shape index (κ1) is 14.7. The number of benzene rings is 1. The lowest BCUT2D eigenvalue weighted by molar-refractivity contribution is -0.0328. The van der Waals surface area contributed by atoms with Crippen LogP contribution < -0.4 is 5.73 Å². The van der Waals surface area contributed by atoms with Crippen LogP contribution in [0.15, 0.2) is 29.2 Å². The molecular weight excluding hydrogens is 271 g/mol. The highest BCUT2D eigenvalue weighted by molar-refractivity contribution is 8.00. The van der Waals surface area contributed by atoms with Crippen LogP contribution in [0.2, 0.25) is 0 Å². The molecule has 1 saturated carbocycles. The summed E-state index contributed by atoms with van der Waals surface area (Å²) < 4.78 is 36.7. The molecule has 1 aromatic rings. The van der Waals surface area contributed by atoms with Gasteiger partial charge in [0.25, 0.3) is 0 Å². The van der Waals surface area contributed by atoms with Gasteiger partial charge in [-0.1, -0.05) is 31.4 Å². The molecule has 0 aliphatic heterocycles. The monoisotopic (exact) mass is 289 g/mol. The van der Waals surface area contributed by atoms with Crippen molar-refractivity contribution < 1.29 is 13.2 Å². The molecule has 1 aliphatic carbocycles. The number of rotatable bonds is 3. The average Bonchev–Trinajstić information content (AvgIpc) is 2.38. The third-order valence-corrected chi connectivity index (χ3v) is 4.40. The minimum absolute atomic E-state index is 0.0507. The lowest BCUT2D eigenvalue weighted by atomic mass is 9.81. The van der Waals surface area contributed by atoms with Crippen LogP contribution in [-0.4, -0.2) is 5.51 Å². The molecule has 1 aromatic carbocycles. The van der Waals surface area contributed by atoms with Crippen molar-refractivity contribution in [2.45, 2.75) is 48.5 Å². The molecule has 0 aromatic heterocycles. The van der Waals surface area contributed by atoms with Gasteiger partial charge < -0.3 is 5.73 Å². The number of nitrogens with two attached hydrogens (primary N) is 1. The van der Waals surface area contributed by atoms with Crippen molar-refractivity contribution in [3.05, 3.63) is 29.8 Å². The maximum absolute atomic E-state index is 12.2. The van der Waals surface area contributed by atoms with E-state index < -0.39 is 5.51 Å². The zero-order chi connectivity index (χ0) is 13.9. The zero-order valence-corrected chi connectivity index (χ0v) is 11.4. The van der Waals surface area contributed by atoms with E-state index in [1.165, 1.54) is 31.4 Å². The van der Waals surface area contributed by atoms with Crippen LogP contribution in [0, 0.1) is 5.92 Å². The van der Waals surface area contributed by atoms with Gasteiger partial charge in [-0.3, -0.25) is 0 Å². The normalized spacial score (nSPS) is 19.4. The van der Waals surface area contributed by atoms with Crippen LogP contribution in [-0.2, 0) is 0 Å². The summed E-state index contributed by atoms with van der Waals surface area (Å²) in [6.07, 6.45) is 5.94. The fourth-order valence-electron chi connectivity index (χ4n) is 2.66. The van der Waals surface area contributed by atoms with E-state index in [4.69, 9.17) is 5.73 Å². The predicted molar refractivity (Wildman–Crippen MR) is 71.9 cm³/mol. The maximum atomic E-state index is 12.2. The van der Waals surface area contributed by atoms with E-state index in [-0.39, 0.29) is 22.7 Å². The Hall–Kier alpha value is -0.680. The fraction of sp³-hybridized carbons (Fsp3) is 0.571. The van der Waals surface area contributed by atoms with Crippen LogP contribution in [0.3, 0.4) is 0 Å². The second-order valence-electron chi connectivity index (χ2n) is 5.04. The van der Waals surface area contributed by atoms with E-state index >= 15 is 0 Å². The van der Waals surface area contributed by atoms with E-state index in [1.807, 2.05) is 0 Å². The van der Waals surface area contributed by atoms with E-state index in [1.54, 1.807) is 12.1 Å². The highest BCUT2D eigenvalue weighted by Gasteiger charge is 2.29. The van der Waals surface area contributed by atoms with Gasteiger partial charge in [-0.05, 0) is 48.2 Å².